The Morgan fingerprint density at radius 3 is 2.73 bits per heavy atom. The Labute approximate surface area is 90.0 Å². The molecule has 1 aliphatic heterocycles. The molecule has 5 nitrogen and oxygen atoms in total. The van der Waals surface area contributed by atoms with E-state index in [2.05, 4.69) is 4.90 Å². The van der Waals surface area contributed by atoms with Crippen molar-refractivity contribution >= 4 is 5.97 Å². The van der Waals surface area contributed by atoms with Gasteiger partial charge in [-0.15, -0.1) is 0 Å². The summed E-state index contributed by atoms with van der Waals surface area (Å²) in [6.45, 7) is 4.29. The van der Waals surface area contributed by atoms with Gasteiger partial charge in [-0.3, -0.25) is 4.79 Å². The van der Waals surface area contributed by atoms with Gasteiger partial charge in [0.2, 0.25) is 0 Å². The molecule has 15 heavy (non-hydrogen) atoms. The van der Waals surface area contributed by atoms with Gasteiger partial charge in [-0.2, -0.15) is 0 Å². The average molecular weight is 217 g/mol. The maximum atomic E-state index is 10.5. The van der Waals surface area contributed by atoms with Gasteiger partial charge in [0.15, 0.2) is 0 Å². The maximum Gasteiger partial charge on any atom is 0.309 e. The van der Waals surface area contributed by atoms with E-state index in [1.165, 1.54) is 0 Å². The summed E-state index contributed by atoms with van der Waals surface area (Å²) in [5.74, 6) is -0.831. The third kappa shape index (κ3) is 4.59. The lowest BCUT2D eigenvalue weighted by molar-refractivity contribution is -0.147. The van der Waals surface area contributed by atoms with E-state index in [9.17, 15) is 4.79 Å². The fourth-order valence-corrected chi connectivity index (χ4v) is 1.54. The van der Waals surface area contributed by atoms with Gasteiger partial charge in [-0.05, 0) is 6.42 Å². The number of rotatable bonds is 8. The predicted molar refractivity (Wildman–Crippen MR) is 54.9 cm³/mol. The molecule has 1 heterocycles. The Bertz CT molecular complexity index is 192. The van der Waals surface area contributed by atoms with Crippen LogP contribution in [0.4, 0.5) is 0 Å². The van der Waals surface area contributed by atoms with Gasteiger partial charge in [0, 0.05) is 33.4 Å². The van der Waals surface area contributed by atoms with Crippen LogP contribution in [-0.4, -0.2) is 62.5 Å². The summed E-state index contributed by atoms with van der Waals surface area (Å²) in [6.07, 6.45) is 0.954. The van der Waals surface area contributed by atoms with Crippen molar-refractivity contribution in [2.24, 2.45) is 5.92 Å². The van der Waals surface area contributed by atoms with Crippen LogP contribution in [-0.2, 0) is 14.3 Å². The highest BCUT2D eigenvalue weighted by molar-refractivity contribution is 5.71. The summed E-state index contributed by atoms with van der Waals surface area (Å²) in [5.41, 5.74) is 0. The molecule has 1 rings (SSSR count). The van der Waals surface area contributed by atoms with E-state index in [4.69, 9.17) is 14.6 Å². The number of hydrogen-bond acceptors (Lipinski definition) is 4. The monoisotopic (exact) mass is 217 g/mol. The molecule has 5 heteroatoms. The summed E-state index contributed by atoms with van der Waals surface area (Å²) < 4.78 is 10.1. The Hall–Kier alpha value is -0.650. The highest BCUT2D eigenvalue weighted by Crippen LogP contribution is 2.15. The summed E-state index contributed by atoms with van der Waals surface area (Å²) in [7, 11) is 1.65. The number of ether oxygens (including phenoxy) is 2. The van der Waals surface area contributed by atoms with Crippen LogP contribution in [0.1, 0.15) is 6.42 Å². The highest BCUT2D eigenvalue weighted by atomic mass is 16.5. The molecule has 0 atom stereocenters. The fourth-order valence-electron chi connectivity index (χ4n) is 1.54. The Balaban J connectivity index is 1.84. The number of hydrogen-bond donors (Lipinski definition) is 1. The molecule has 0 amide bonds. The fraction of sp³-hybridized carbons (Fsp3) is 0.900. The van der Waals surface area contributed by atoms with Crippen LogP contribution in [0.3, 0.4) is 0 Å². The Morgan fingerprint density at radius 2 is 2.13 bits per heavy atom. The normalized spacial score (nSPS) is 17.7. The molecule has 0 aromatic carbocycles. The molecule has 0 unspecified atom stereocenters. The zero-order valence-electron chi connectivity index (χ0n) is 9.15. The van der Waals surface area contributed by atoms with Gasteiger partial charge < -0.3 is 19.5 Å². The number of aliphatic carboxylic acids is 1. The van der Waals surface area contributed by atoms with Gasteiger partial charge >= 0.3 is 5.97 Å². The quantitative estimate of drug-likeness (QED) is 0.582. The van der Waals surface area contributed by atoms with Crippen LogP contribution in [0, 0.1) is 5.92 Å². The molecule has 0 bridgehead atoms. The second-order valence-electron chi connectivity index (χ2n) is 3.75. The van der Waals surface area contributed by atoms with Crippen molar-refractivity contribution in [2.75, 3.05) is 46.6 Å². The average Bonchev–Trinajstić information content (AvgIpc) is 2.12. The summed E-state index contributed by atoms with van der Waals surface area (Å²) in [4.78, 5) is 12.6. The van der Waals surface area contributed by atoms with E-state index in [1.807, 2.05) is 0 Å². The van der Waals surface area contributed by atoms with Crippen LogP contribution in [0.2, 0.25) is 0 Å². The second kappa shape index (κ2) is 6.76. The van der Waals surface area contributed by atoms with Crippen molar-refractivity contribution in [2.45, 2.75) is 6.42 Å². The number of carboxylic acid groups (broad SMARTS) is 1. The van der Waals surface area contributed by atoms with Crippen molar-refractivity contribution in [3.63, 3.8) is 0 Å². The first-order valence-electron chi connectivity index (χ1n) is 5.26. The minimum atomic E-state index is -0.678. The SMILES string of the molecule is COCCOCCCN1CC(C(=O)O)C1. The molecule has 0 aliphatic carbocycles. The standard InChI is InChI=1S/C10H19NO4/c1-14-5-6-15-4-2-3-11-7-9(8-11)10(12)13/h9H,2-8H2,1H3,(H,12,13). The molecule has 0 spiro atoms. The third-order valence-corrected chi connectivity index (χ3v) is 2.50. The molecule has 1 N–H and O–H groups in total. The van der Waals surface area contributed by atoms with Gasteiger partial charge in [-0.1, -0.05) is 0 Å². The molecule has 0 aromatic rings. The lowest BCUT2D eigenvalue weighted by Crippen LogP contribution is -2.50. The van der Waals surface area contributed by atoms with Gasteiger partial charge in [-0.25, -0.2) is 0 Å². The van der Waals surface area contributed by atoms with Gasteiger partial charge in [0.1, 0.15) is 0 Å². The van der Waals surface area contributed by atoms with Crippen LogP contribution >= 0.6 is 0 Å². The molecule has 1 fully saturated rings. The van der Waals surface area contributed by atoms with Crippen LogP contribution in [0.5, 0.6) is 0 Å². The van der Waals surface area contributed by atoms with E-state index in [0.29, 0.717) is 26.3 Å². The van der Waals surface area contributed by atoms with Crippen LogP contribution in [0.15, 0.2) is 0 Å². The predicted octanol–water partition coefficient (Wildman–Crippen LogP) is 0.0559. The number of likely N-dealkylation sites (tertiary alicyclic amines) is 1. The summed E-state index contributed by atoms with van der Waals surface area (Å²) >= 11 is 0. The second-order valence-corrected chi connectivity index (χ2v) is 3.75. The third-order valence-electron chi connectivity index (χ3n) is 2.50. The minimum Gasteiger partial charge on any atom is -0.481 e. The zero-order chi connectivity index (χ0) is 11.1. The first-order chi connectivity index (χ1) is 7.24. The van der Waals surface area contributed by atoms with E-state index < -0.39 is 5.97 Å². The lowest BCUT2D eigenvalue weighted by Gasteiger charge is -2.36. The molecular formula is C10H19NO4. The molecule has 1 aliphatic rings. The van der Waals surface area contributed by atoms with Crippen molar-refractivity contribution in [1.82, 2.24) is 4.90 Å². The number of carbonyl (C=O) groups is 1. The van der Waals surface area contributed by atoms with Crippen molar-refractivity contribution < 1.29 is 19.4 Å². The lowest BCUT2D eigenvalue weighted by atomic mass is 10.0. The van der Waals surface area contributed by atoms with Crippen molar-refractivity contribution in [3.05, 3.63) is 0 Å². The first-order valence-corrected chi connectivity index (χ1v) is 5.26. The number of carboxylic acids is 1. The van der Waals surface area contributed by atoms with Gasteiger partial charge in [0.05, 0.1) is 19.1 Å². The summed E-state index contributed by atoms with van der Waals surface area (Å²) in [6, 6.07) is 0. The maximum absolute atomic E-state index is 10.5. The molecule has 0 radical (unpaired) electrons. The summed E-state index contributed by atoms with van der Waals surface area (Å²) in [5, 5.41) is 8.65. The van der Waals surface area contributed by atoms with E-state index >= 15 is 0 Å². The van der Waals surface area contributed by atoms with Crippen LogP contribution in [0.25, 0.3) is 0 Å². The zero-order valence-corrected chi connectivity index (χ0v) is 9.15. The molecular weight excluding hydrogens is 198 g/mol. The Kier molecular flexibility index (Phi) is 5.60. The van der Waals surface area contributed by atoms with E-state index in [0.717, 1.165) is 19.6 Å². The van der Waals surface area contributed by atoms with E-state index in [1.54, 1.807) is 7.11 Å². The topological polar surface area (TPSA) is 59.0 Å². The smallest absolute Gasteiger partial charge is 0.309 e. The van der Waals surface area contributed by atoms with E-state index in [-0.39, 0.29) is 5.92 Å². The van der Waals surface area contributed by atoms with Gasteiger partial charge in [0.25, 0.3) is 0 Å². The Morgan fingerprint density at radius 1 is 1.40 bits per heavy atom. The van der Waals surface area contributed by atoms with Crippen molar-refractivity contribution in [1.29, 1.82) is 0 Å². The molecule has 88 valence electrons. The molecule has 0 saturated carbocycles. The van der Waals surface area contributed by atoms with Crippen molar-refractivity contribution in [3.8, 4) is 0 Å². The first kappa shape index (κ1) is 12.4. The molecule has 1 saturated heterocycles. The minimum absolute atomic E-state index is 0.153. The number of nitrogens with zero attached hydrogens (tertiary/aromatic N) is 1. The van der Waals surface area contributed by atoms with Crippen LogP contribution < -0.4 is 0 Å². The molecule has 0 aromatic heterocycles. The largest absolute Gasteiger partial charge is 0.481 e. The number of methoxy groups -OCH3 is 1. The highest BCUT2D eigenvalue weighted by Gasteiger charge is 2.31.